The van der Waals surface area contributed by atoms with E-state index in [9.17, 15) is 0 Å². The maximum atomic E-state index is 6.02. The second-order valence-electron chi connectivity index (χ2n) is 4.58. The summed E-state index contributed by atoms with van der Waals surface area (Å²) in [5.41, 5.74) is 6.88. The van der Waals surface area contributed by atoms with Crippen molar-refractivity contribution in [3.8, 4) is 0 Å². The average Bonchev–Trinajstić information content (AvgIpc) is 2.33. The van der Waals surface area contributed by atoms with E-state index >= 15 is 0 Å². The van der Waals surface area contributed by atoms with Crippen LogP contribution in [0, 0.1) is 5.92 Å². The molecule has 18 heavy (non-hydrogen) atoms. The topological polar surface area (TPSA) is 38.0 Å². The van der Waals surface area contributed by atoms with Crippen molar-refractivity contribution in [3.63, 3.8) is 0 Å². The fourth-order valence-electron chi connectivity index (χ4n) is 2.00. The minimum absolute atomic E-state index is 0.113. The Morgan fingerprint density at radius 3 is 2.11 bits per heavy atom. The number of benzene rings is 1. The molecule has 0 aliphatic carbocycles. The molecular weight excluding hydrogens is 267 g/mol. The van der Waals surface area contributed by atoms with Gasteiger partial charge in [0.1, 0.15) is 0 Å². The first-order valence-corrected chi connectivity index (χ1v) is 7.25. The molecular formula is C14H22Cl2N2. The summed E-state index contributed by atoms with van der Waals surface area (Å²) in [6, 6.07) is 5.69. The number of nitrogens with two attached hydrogens (primary N) is 1. The fourth-order valence-corrected chi connectivity index (χ4v) is 2.54. The Labute approximate surface area is 120 Å². The molecule has 0 radical (unpaired) electrons. The summed E-state index contributed by atoms with van der Waals surface area (Å²) in [6.07, 6.45) is 2.36. The van der Waals surface area contributed by atoms with Crippen LogP contribution in [0.15, 0.2) is 18.2 Å². The first-order chi connectivity index (χ1) is 8.60. The first-order valence-electron chi connectivity index (χ1n) is 6.50. The zero-order valence-corrected chi connectivity index (χ0v) is 12.6. The van der Waals surface area contributed by atoms with Crippen LogP contribution in [-0.2, 0) is 0 Å². The van der Waals surface area contributed by atoms with Crippen molar-refractivity contribution in [2.24, 2.45) is 11.7 Å². The molecule has 0 aliphatic rings. The highest BCUT2D eigenvalue weighted by Crippen LogP contribution is 2.23. The maximum absolute atomic E-state index is 6.02. The molecule has 0 aliphatic heterocycles. The van der Waals surface area contributed by atoms with Gasteiger partial charge in [-0.2, -0.15) is 0 Å². The minimum Gasteiger partial charge on any atom is -0.329 e. The second-order valence-corrected chi connectivity index (χ2v) is 5.45. The zero-order valence-electron chi connectivity index (χ0n) is 11.0. The SMILES string of the molecule is CCC(CC)CNC(CN)c1cc(Cl)cc(Cl)c1. The number of hydrogen-bond donors (Lipinski definition) is 2. The van der Waals surface area contributed by atoms with Gasteiger partial charge < -0.3 is 11.1 Å². The van der Waals surface area contributed by atoms with Gasteiger partial charge in [-0.1, -0.05) is 49.9 Å². The van der Waals surface area contributed by atoms with Gasteiger partial charge in [0, 0.05) is 22.6 Å². The third-order valence-corrected chi connectivity index (χ3v) is 3.77. The third-order valence-electron chi connectivity index (χ3n) is 3.33. The van der Waals surface area contributed by atoms with Crippen LogP contribution in [0.3, 0.4) is 0 Å². The Hall–Kier alpha value is -0.280. The van der Waals surface area contributed by atoms with Crippen LogP contribution in [0.2, 0.25) is 10.0 Å². The Morgan fingerprint density at radius 2 is 1.67 bits per heavy atom. The quantitative estimate of drug-likeness (QED) is 0.795. The highest BCUT2D eigenvalue weighted by Gasteiger charge is 2.12. The van der Waals surface area contributed by atoms with Crippen LogP contribution in [0.5, 0.6) is 0 Å². The molecule has 0 spiro atoms. The molecule has 1 unspecified atom stereocenters. The summed E-state index contributed by atoms with van der Waals surface area (Å²) in [4.78, 5) is 0. The van der Waals surface area contributed by atoms with Gasteiger partial charge in [-0.05, 0) is 36.2 Å². The highest BCUT2D eigenvalue weighted by atomic mass is 35.5. The van der Waals surface area contributed by atoms with Crippen molar-refractivity contribution in [1.82, 2.24) is 5.32 Å². The van der Waals surface area contributed by atoms with Gasteiger partial charge in [0.2, 0.25) is 0 Å². The van der Waals surface area contributed by atoms with E-state index in [0.717, 1.165) is 12.1 Å². The van der Waals surface area contributed by atoms with E-state index in [1.807, 2.05) is 12.1 Å². The second kappa shape index (κ2) is 8.00. The van der Waals surface area contributed by atoms with Gasteiger partial charge in [-0.15, -0.1) is 0 Å². The van der Waals surface area contributed by atoms with Crippen LogP contribution in [0.25, 0.3) is 0 Å². The van der Waals surface area contributed by atoms with Gasteiger partial charge >= 0.3 is 0 Å². The number of nitrogens with one attached hydrogen (secondary N) is 1. The molecule has 102 valence electrons. The molecule has 1 rings (SSSR count). The predicted molar refractivity (Wildman–Crippen MR) is 80.3 cm³/mol. The van der Waals surface area contributed by atoms with Crippen molar-refractivity contribution in [3.05, 3.63) is 33.8 Å². The molecule has 0 amide bonds. The number of rotatable bonds is 7. The van der Waals surface area contributed by atoms with E-state index in [2.05, 4.69) is 19.2 Å². The Kier molecular flexibility index (Phi) is 7.02. The lowest BCUT2D eigenvalue weighted by Crippen LogP contribution is -2.32. The van der Waals surface area contributed by atoms with E-state index in [-0.39, 0.29) is 6.04 Å². The van der Waals surface area contributed by atoms with Crippen LogP contribution in [0.4, 0.5) is 0 Å². The normalized spacial score (nSPS) is 13.0. The van der Waals surface area contributed by atoms with Crippen LogP contribution in [-0.4, -0.2) is 13.1 Å². The minimum atomic E-state index is 0.113. The molecule has 1 atom stereocenters. The monoisotopic (exact) mass is 288 g/mol. The zero-order chi connectivity index (χ0) is 13.5. The van der Waals surface area contributed by atoms with Crippen molar-refractivity contribution >= 4 is 23.2 Å². The summed E-state index contributed by atoms with van der Waals surface area (Å²) in [5, 5.41) is 4.81. The lowest BCUT2D eigenvalue weighted by molar-refractivity contribution is 0.414. The summed E-state index contributed by atoms with van der Waals surface area (Å²) in [6.45, 7) is 5.93. The summed E-state index contributed by atoms with van der Waals surface area (Å²) in [7, 11) is 0. The Morgan fingerprint density at radius 1 is 1.11 bits per heavy atom. The predicted octanol–water partition coefficient (Wildman–Crippen LogP) is 4.02. The number of halogens is 2. The summed E-state index contributed by atoms with van der Waals surface area (Å²) < 4.78 is 0. The van der Waals surface area contributed by atoms with E-state index in [1.54, 1.807) is 6.07 Å². The van der Waals surface area contributed by atoms with Gasteiger partial charge in [0.25, 0.3) is 0 Å². The molecule has 4 heteroatoms. The van der Waals surface area contributed by atoms with Crippen molar-refractivity contribution in [2.75, 3.05) is 13.1 Å². The Bertz CT molecular complexity index is 345. The lowest BCUT2D eigenvalue weighted by Gasteiger charge is -2.21. The van der Waals surface area contributed by atoms with Crippen molar-refractivity contribution in [2.45, 2.75) is 32.7 Å². The van der Waals surface area contributed by atoms with Gasteiger partial charge in [0.05, 0.1) is 0 Å². The smallest absolute Gasteiger partial charge is 0.0445 e. The molecule has 1 aromatic carbocycles. The molecule has 1 aromatic rings. The summed E-state index contributed by atoms with van der Waals surface area (Å²) >= 11 is 12.0. The van der Waals surface area contributed by atoms with Crippen molar-refractivity contribution in [1.29, 1.82) is 0 Å². The maximum Gasteiger partial charge on any atom is 0.0445 e. The highest BCUT2D eigenvalue weighted by molar-refractivity contribution is 6.34. The molecule has 2 nitrogen and oxygen atoms in total. The van der Waals surface area contributed by atoms with Gasteiger partial charge in [-0.3, -0.25) is 0 Å². The molecule has 0 fully saturated rings. The lowest BCUT2D eigenvalue weighted by atomic mass is 10.0. The number of hydrogen-bond acceptors (Lipinski definition) is 2. The van der Waals surface area contributed by atoms with Gasteiger partial charge in [0.15, 0.2) is 0 Å². The third kappa shape index (κ3) is 4.77. The Balaban J connectivity index is 2.70. The molecule has 3 N–H and O–H groups in total. The van der Waals surface area contributed by atoms with Crippen molar-refractivity contribution < 1.29 is 0 Å². The standard InChI is InChI=1S/C14H22Cl2N2/c1-3-10(4-2)9-18-14(8-17)11-5-12(15)7-13(16)6-11/h5-7,10,14,18H,3-4,8-9,17H2,1-2H3. The van der Waals surface area contributed by atoms with Crippen LogP contribution >= 0.6 is 23.2 Å². The molecule has 0 saturated heterocycles. The van der Waals surface area contributed by atoms with E-state index in [4.69, 9.17) is 28.9 Å². The molecule has 0 aromatic heterocycles. The van der Waals surface area contributed by atoms with E-state index in [1.165, 1.54) is 12.8 Å². The fraction of sp³-hybridized carbons (Fsp3) is 0.571. The van der Waals surface area contributed by atoms with Crippen LogP contribution in [0.1, 0.15) is 38.3 Å². The molecule has 0 saturated carbocycles. The average molecular weight is 289 g/mol. The molecule has 0 heterocycles. The largest absolute Gasteiger partial charge is 0.329 e. The van der Waals surface area contributed by atoms with E-state index < -0.39 is 0 Å². The van der Waals surface area contributed by atoms with Crippen LogP contribution < -0.4 is 11.1 Å². The summed E-state index contributed by atoms with van der Waals surface area (Å²) in [5.74, 6) is 0.689. The van der Waals surface area contributed by atoms with E-state index in [0.29, 0.717) is 22.5 Å². The van der Waals surface area contributed by atoms with Gasteiger partial charge in [-0.25, -0.2) is 0 Å². The first kappa shape index (κ1) is 15.8. The molecule has 0 bridgehead atoms.